The minimum absolute atomic E-state index is 0.0792. The summed E-state index contributed by atoms with van der Waals surface area (Å²) in [7, 11) is 0. The molecular formula is C13H25N3O2. The summed E-state index contributed by atoms with van der Waals surface area (Å²) in [5, 5.41) is 2.94. The zero-order chi connectivity index (χ0) is 20.3. The van der Waals surface area contributed by atoms with E-state index in [-0.39, 0.29) is 11.4 Å². The van der Waals surface area contributed by atoms with Crippen LogP contribution in [0.25, 0.3) is 0 Å². The lowest BCUT2D eigenvalue weighted by Gasteiger charge is -2.38. The van der Waals surface area contributed by atoms with Crippen LogP contribution in [0, 0.1) is 0 Å². The third-order valence-corrected chi connectivity index (χ3v) is 2.54. The number of piperazine rings is 1. The highest BCUT2D eigenvalue weighted by Gasteiger charge is 2.29. The van der Waals surface area contributed by atoms with Gasteiger partial charge in [-0.15, -0.1) is 0 Å². The number of carbonyl (C=O) groups is 1. The first-order valence-electron chi connectivity index (χ1n) is 10.0. The van der Waals surface area contributed by atoms with Gasteiger partial charge in [0.2, 0.25) is 0 Å². The Morgan fingerprint density at radius 2 is 2.00 bits per heavy atom. The number of hydrogen-bond donors (Lipinski definition) is 1. The van der Waals surface area contributed by atoms with Gasteiger partial charge in [0.1, 0.15) is 5.60 Å². The van der Waals surface area contributed by atoms with Gasteiger partial charge in [-0.3, -0.25) is 4.90 Å². The summed E-state index contributed by atoms with van der Waals surface area (Å²) in [5.41, 5.74) is -1.09. The van der Waals surface area contributed by atoms with Crippen molar-refractivity contribution in [1.82, 2.24) is 15.1 Å². The third-order valence-electron chi connectivity index (χ3n) is 2.54. The van der Waals surface area contributed by atoms with E-state index < -0.39 is 43.7 Å². The standard InChI is InChI=1S/C13H25N3O2/c1-13(2,3)18-12(17)16-8-6-15(7-9-16)11-4-5-14-10-11/h11,14H,4-10H2,1-3H3/i6D2,7D2,8D2,9D2. The number of ether oxygens (including phenoxy) is 1. The van der Waals surface area contributed by atoms with Crippen molar-refractivity contribution in [3.8, 4) is 0 Å². The molecule has 1 amide bonds. The Hall–Kier alpha value is -0.810. The molecule has 2 heterocycles. The molecule has 104 valence electrons. The molecule has 2 rings (SSSR count). The predicted molar refractivity (Wildman–Crippen MR) is 70.7 cm³/mol. The summed E-state index contributed by atoms with van der Waals surface area (Å²) in [6, 6.07) is -0.758. The second kappa shape index (κ2) is 5.45. The first kappa shape index (κ1) is 6.57. The van der Waals surface area contributed by atoms with Crippen molar-refractivity contribution in [2.45, 2.75) is 38.8 Å². The molecule has 2 saturated heterocycles. The van der Waals surface area contributed by atoms with Crippen molar-refractivity contribution in [1.29, 1.82) is 0 Å². The van der Waals surface area contributed by atoms with E-state index >= 15 is 0 Å². The van der Waals surface area contributed by atoms with Crippen LogP contribution in [0.1, 0.15) is 38.2 Å². The van der Waals surface area contributed by atoms with E-state index in [1.807, 2.05) is 0 Å². The molecule has 0 radical (unpaired) electrons. The van der Waals surface area contributed by atoms with Gasteiger partial charge in [-0.1, -0.05) is 0 Å². The fourth-order valence-corrected chi connectivity index (χ4v) is 1.70. The minimum atomic E-state index is -3.17. The predicted octanol–water partition coefficient (Wildman–Crippen LogP) is 0.901. The van der Waals surface area contributed by atoms with Gasteiger partial charge in [0, 0.05) is 44.1 Å². The van der Waals surface area contributed by atoms with E-state index in [1.165, 1.54) is 20.8 Å². The van der Waals surface area contributed by atoms with Crippen LogP contribution in [0.15, 0.2) is 0 Å². The topological polar surface area (TPSA) is 44.8 Å². The maximum Gasteiger partial charge on any atom is 0.410 e. The molecule has 0 bridgehead atoms. The third kappa shape index (κ3) is 3.59. The summed E-state index contributed by atoms with van der Waals surface area (Å²) in [6.07, 6.45) is -1.12. The molecule has 0 saturated carbocycles. The molecule has 0 aromatic heterocycles. The second-order valence-corrected chi connectivity index (χ2v) is 5.28. The van der Waals surface area contributed by atoms with Gasteiger partial charge in [0.05, 0.1) is 5.48 Å². The number of rotatable bonds is 1. The molecule has 1 N–H and O–H groups in total. The van der Waals surface area contributed by atoms with Crippen molar-refractivity contribution >= 4 is 6.09 Å². The minimum Gasteiger partial charge on any atom is -0.444 e. The molecule has 5 nitrogen and oxygen atoms in total. The number of nitrogens with zero attached hydrogens (tertiary/aromatic N) is 2. The zero-order valence-corrected chi connectivity index (χ0v) is 10.9. The first-order chi connectivity index (χ1) is 11.5. The number of nitrogens with one attached hydrogen (secondary N) is 1. The van der Waals surface area contributed by atoms with Crippen LogP contribution in [0.5, 0.6) is 0 Å². The Balaban J connectivity index is 2.58. The molecule has 2 aliphatic rings. The fraction of sp³-hybridized carbons (Fsp3) is 0.923. The van der Waals surface area contributed by atoms with Crippen LogP contribution in [-0.4, -0.2) is 66.6 Å². The smallest absolute Gasteiger partial charge is 0.410 e. The van der Waals surface area contributed by atoms with Gasteiger partial charge < -0.3 is 15.0 Å². The molecule has 0 aromatic carbocycles. The van der Waals surface area contributed by atoms with E-state index in [0.717, 1.165) is 0 Å². The lowest BCUT2D eigenvalue weighted by atomic mass is 10.2. The summed E-state index contributed by atoms with van der Waals surface area (Å²) in [6.45, 7) is -7.16. The Bertz CT molecular complexity index is 544. The van der Waals surface area contributed by atoms with E-state index in [4.69, 9.17) is 15.7 Å². The summed E-state index contributed by atoms with van der Waals surface area (Å²) in [4.78, 5) is 13.0. The quantitative estimate of drug-likeness (QED) is 0.763. The average molecular weight is 263 g/mol. The van der Waals surface area contributed by atoms with Crippen LogP contribution in [0.2, 0.25) is 0 Å². The molecule has 5 heteroatoms. The molecular weight excluding hydrogens is 230 g/mol. The molecule has 0 aliphatic carbocycles. The van der Waals surface area contributed by atoms with Gasteiger partial charge in [0.15, 0.2) is 0 Å². The SMILES string of the molecule is [2H]C1([2H])N(C(=O)OC(C)(C)C)C([2H])([2H])C([2H])([2H])N(C2CCNC2)C1([2H])[2H]. The van der Waals surface area contributed by atoms with Crippen LogP contribution >= 0.6 is 0 Å². The number of carbonyl (C=O) groups excluding carboxylic acids is 1. The molecule has 2 fully saturated rings. The van der Waals surface area contributed by atoms with E-state index in [9.17, 15) is 4.79 Å². The molecule has 1 unspecified atom stereocenters. The van der Waals surface area contributed by atoms with E-state index in [1.54, 1.807) is 0 Å². The van der Waals surface area contributed by atoms with Crippen LogP contribution in [-0.2, 0) is 4.74 Å². The van der Waals surface area contributed by atoms with Gasteiger partial charge in [-0.2, -0.15) is 0 Å². The largest absolute Gasteiger partial charge is 0.444 e. The second-order valence-electron chi connectivity index (χ2n) is 5.28. The maximum atomic E-state index is 12.5. The number of amides is 1. The summed E-state index contributed by atoms with van der Waals surface area (Å²) in [5.74, 6) is 0. The molecule has 1 atom stereocenters. The van der Waals surface area contributed by atoms with Crippen molar-refractivity contribution in [3.63, 3.8) is 0 Å². The van der Waals surface area contributed by atoms with E-state index in [2.05, 4.69) is 5.32 Å². The maximum absolute atomic E-state index is 12.5. The fourth-order valence-electron chi connectivity index (χ4n) is 1.70. The Morgan fingerprint density at radius 3 is 2.50 bits per heavy atom. The van der Waals surface area contributed by atoms with Crippen LogP contribution in [0.4, 0.5) is 4.79 Å². The van der Waals surface area contributed by atoms with Crippen LogP contribution in [0.3, 0.4) is 0 Å². The van der Waals surface area contributed by atoms with Crippen LogP contribution < -0.4 is 5.32 Å². The Labute approximate surface area is 121 Å². The van der Waals surface area contributed by atoms with Gasteiger partial charge in [-0.05, 0) is 33.7 Å². The van der Waals surface area contributed by atoms with Crippen molar-refractivity contribution in [3.05, 3.63) is 0 Å². The Morgan fingerprint density at radius 1 is 1.33 bits per heavy atom. The lowest BCUT2D eigenvalue weighted by Crippen LogP contribution is -2.53. The van der Waals surface area contributed by atoms with Crippen molar-refractivity contribution in [2.75, 3.05) is 39.1 Å². The highest BCUT2D eigenvalue weighted by Crippen LogP contribution is 2.15. The zero-order valence-electron chi connectivity index (χ0n) is 18.9. The van der Waals surface area contributed by atoms with Crippen molar-refractivity contribution in [2.24, 2.45) is 0 Å². The monoisotopic (exact) mass is 263 g/mol. The highest BCUT2D eigenvalue weighted by molar-refractivity contribution is 5.68. The molecule has 0 spiro atoms. The van der Waals surface area contributed by atoms with Gasteiger partial charge in [0.25, 0.3) is 0 Å². The van der Waals surface area contributed by atoms with Gasteiger partial charge >= 0.3 is 6.09 Å². The molecule has 18 heavy (non-hydrogen) atoms. The molecule has 0 aromatic rings. The Kier molecular flexibility index (Phi) is 1.99. The highest BCUT2D eigenvalue weighted by atomic mass is 16.6. The summed E-state index contributed by atoms with van der Waals surface area (Å²) >= 11 is 0. The molecule has 2 aliphatic heterocycles. The average Bonchev–Trinajstić information content (AvgIpc) is 2.86. The van der Waals surface area contributed by atoms with Gasteiger partial charge in [-0.25, -0.2) is 4.79 Å². The van der Waals surface area contributed by atoms with Crippen molar-refractivity contribution < 1.29 is 20.5 Å². The number of hydrogen-bond acceptors (Lipinski definition) is 4. The summed E-state index contributed by atoms with van der Waals surface area (Å²) < 4.78 is 70.9. The normalized spacial score (nSPS) is 44.2. The first-order valence-corrected chi connectivity index (χ1v) is 6.01. The lowest BCUT2D eigenvalue weighted by molar-refractivity contribution is 0.0112. The van der Waals surface area contributed by atoms with E-state index in [0.29, 0.717) is 17.9 Å².